The Morgan fingerprint density at radius 2 is 1.26 bits per heavy atom. The zero-order valence-electron chi connectivity index (χ0n) is 20.3. The van der Waals surface area contributed by atoms with Crippen LogP contribution in [0.25, 0.3) is 80.1 Å². The lowest BCUT2D eigenvalue weighted by molar-refractivity contribution is 1.18. The van der Waals surface area contributed by atoms with Crippen LogP contribution in [0.5, 0.6) is 0 Å². The maximum atomic E-state index is 4.91. The zero-order valence-corrected chi connectivity index (χ0v) is 21.2. The summed E-state index contributed by atoms with van der Waals surface area (Å²) in [7, 11) is 0. The zero-order chi connectivity index (χ0) is 24.8. The van der Waals surface area contributed by atoms with Gasteiger partial charge in [-0.3, -0.25) is 4.98 Å². The highest BCUT2D eigenvalue weighted by Crippen LogP contribution is 2.45. The molecule has 0 fully saturated rings. The Labute approximate surface area is 222 Å². The normalized spacial score (nSPS) is 12.2. The van der Waals surface area contributed by atoms with E-state index in [1.165, 1.54) is 74.6 Å². The first kappa shape index (κ1) is 20.3. The molecule has 9 rings (SSSR count). The molecule has 0 bridgehead atoms. The molecular formula is C35H20N2S. The molecule has 0 saturated heterocycles. The second kappa shape index (κ2) is 7.41. The fourth-order valence-electron chi connectivity index (χ4n) is 6.43. The van der Waals surface area contributed by atoms with Gasteiger partial charge in [0, 0.05) is 59.0 Å². The van der Waals surface area contributed by atoms with E-state index < -0.39 is 0 Å². The topological polar surface area (TPSA) is 17.8 Å². The predicted octanol–water partition coefficient (Wildman–Crippen LogP) is 10.0. The van der Waals surface area contributed by atoms with E-state index in [4.69, 9.17) is 4.98 Å². The summed E-state index contributed by atoms with van der Waals surface area (Å²) in [5.41, 5.74) is 4.70. The SMILES string of the molecule is c1ccc(-n2c3ccccc3c3c4c(ccc32)c2cccnc2c2cc3sc5ccccc5c3cc24)cc1. The second-order valence-electron chi connectivity index (χ2n) is 9.96. The van der Waals surface area contributed by atoms with E-state index >= 15 is 0 Å². The smallest absolute Gasteiger partial charge is 0.0787 e. The van der Waals surface area contributed by atoms with Crippen LogP contribution in [0.2, 0.25) is 0 Å². The molecule has 6 aromatic carbocycles. The number of fused-ring (bicyclic) bond motifs is 13. The monoisotopic (exact) mass is 500 g/mol. The molecular weight excluding hydrogens is 480 g/mol. The summed E-state index contributed by atoms with van der Waals surface area (Å²) < 4.78 is 5.04. The second-order valence-corrected chi connectivity index (χ2v) is 11.0. The molecule has 176 valence electrons. The number of para-hydroxylation sites is 2. The van der Waals surface area contributed by atoms with Crippen LogP contribution in [0, 0.1) is 0 Å². The van der Waals surface area contributed by atoms with Crippen LogP contribution in [0.1, 0.15) is 0 Å². The molecule has 3 heteroatoms. The third-order valence-corrected chi connectivity index (χ3v) is 9.13. The largest absolute Gasteiger partial charge is 0.309 e. The van der Waals surface area contributed by atoms with Crippen molar-refractivity contribution in [3.05, 3.63) is 121 Å². The minimum Gasteiger partial charge on any atom is -0.309 e. The van der Waals surface area contributed by atoms with E-state index in [2.05, 4.69) is 120 Å². The number of hydrogen-bond donors (Lipinski definition) is 0. The van der Waals surface area contributed by atoms with Crippen molar-refractivity contribution < 1.29 is 0 Å². The maximum Gasteiger partial charge on any atom is 0.0787 e. The molecule has 0 unspecified atom stereocenters. The highest BCUT2D eigenvalue weighted by molar-refractivity contribution is 7.25. The number of thiophene rings is 1. The number of aromatic nitrogens is 2. The Morgan fingerprint density at radius 3 is 2.18 bits per heavy atom. The minimum atomic E-state index is 1.07. The summed E-state index contributed by atoms with van der Waals surface area (Å²) in [4.78, 5) is 4.91. The van der Waals surface area contributed by atoms with Gasteiger partial charge in [-0.05, 0) is 59.3 Å². The summed E-state index contributed by atoms with van der Waals surface area (Å²) in [5, 5.41) is 11.5. The molecule has 9 aromatic rings. The van der Waals surface area contributed by atoms with Crippen molar-refractivity contribution in [2.24, 2.45) is 0 Å². The van der Waals surface area contributed by atoms with E-state index in [0.29, 0.717) is 0 Å². The fraction of sp³-hybridized carbons (Fsp3) is 0. The molecule has 0 aliphatic heterocycles. The van der Waals surface area contributed by atoms with Gasteiger partial charge in [-0.2, -0.15) is 0 Å². The van der Waals surface area contributed by atoms with Gasteiger partial charge in [0.15, 0.2) is 0 Å². The number of benzene rings is 6. The summed E-state index contributed by atoms with van der Waals surface area (Å²) in [6, 6.07) is 41.9. The van der Waals surface area contributed by atoms with E-state index in [-0.39, 0.29) is 0 Å². The third kappa shape index (κ3) is 2.59. The molecule has 0 N–H and O–H groups in total. The highest BCUT2D eigenvalue weighted by atomic mass is 32.1. The van der Waals surface area contributed by atoms with Crippen molar-refractivity contribution in [3.63, 3.8) is 0 Å². The summed E-state index contributed by atoms with van der Waals surface area (Å²) in [5.74, 6) is 0. The first-order valence-electron chi connectivity index (χ1n) is 12.9. The van der Waals surface area contributed by atoms with E-state index in [1.54, 1.807) is 0 Å². The summed E-state index contributed by atoms with van der Waals surface area (Å²) >= 11 is 1.87. The predicted molar refractivity (Wildman–Crippen MR) is 164 cm³/mol. The van der Waals surface area contributed by atoms with Gasteiger partial charge in [-0.1, -0.05) is 66.7 Å². The fourth-order valence-corrected chi connectivity index (χ4v) is 7.56. The lowest BCUT2D eigenvalue weighted by Crippen LogP contribution is -1.93. The van der Waals surface area contributed by atoms with Crippen LogP contribution in [-0.4, -0.2) is 9.55 Å². The third-order valence-electron chi connectivity index (χ3n) is 7.99. The van der Waals surface area contributed by atoms with Gasteiger partial charge in [0.25, 0.3) is 0 Å². The van der Waals surface area contributed by atoms with Crippen LogP contribution >= 0.6 is 11.3 Å². The van der Waals surface area contributed by atoms with E-state index in [9.17, 15) is 0 Å². The first-order chi connectivity index (χ1) is 18.9. The number of hydrogen-bond acceptors (Lipinski definition) is 2. The molecule has 0 atom stereocenters. The van der Waals surface area contributed by atoms with Crippen molar-refractivity contribution in [2.75, 3.05) is 0 Å². The quantitative estimate of drug-likeness (QED) is 0.205. The maximum absolute atomic E-state index is 4.91. The molecule has 0 spiro atoms. The van der Waals surface area contributed by atoms with Gasteiger partial charge < -0.3 is 4.57 Å². The lowest BCUT2D eigenvalue weighted by atomic mass is 9.93. The van der Waals surface area contributed by atoms with Crippen molar-refractivity contribution in [3.8, 4) is 5.69 Å². The average molecular weight is 501 g/mol. The Hall–Kier alpha value is -4.73. The van der Waals surface area contributed by atoms with Crippen LogP contribution < -0.4 is 0 Å². The molecule has 0 aliphatic carbocycles. The van der Waals surface area contributed by atoms with Crippen molar-refractivity contribution in [1.29, 1.82) is 0 Å². The van der Waals surface area contributed by atoms with Gasteiger partial charge in [0.05, 0.1) is 16.6 Å². The van der Waals surface area contributed by atoms with Gasteiger partial charge in [-0.25, -0.2) is 0 Å². The number of rotatable bonds is 1. The molecule has 2 nitrogen and oxygen atoms in total. The van der Waals surface area contributed by atoms with Crippen LogP contribution in [0.15, 0.2) is 121 Å². The Bertz CT molecular complexity index is 2390. The highest BCUT2D eigenvalue weighted by Gasteiger charge is 2.19. The number of pyridine rings is 1. The number of nitrogens with zero attached hydrogens (tertiary/aromatic N) is 2. The molecule has 38 heavy (non-hydrogen) atoms. The van der Waals surface area contributed by atoms with Gasteiger partial charge in [0.2, 0.25) is 0 Å². The van der Waals surface area contributed by atoms with Crippen LogP contribution in [-0.2, 0) is 0 Å². The summed E-state index contributed by atoms with van der Waals surface area (Å²) in [6.07, 6.45) is 1.92. The lowest BCUT2D eigenvalue weighted by Gasteiger charge is -2.12. The standard InChI is InChI=1S/C35H20N2S/c1-2-9-21(10-3-1)37-29-14-6-4-12-25(29)34-30(37)17-16-23-24-13-8-18-36-35(24)28-20-32-26(19-27(28)33(23)34)22-11-5-7-15-31(22)38-32/h1-20H. The average Bonchev–Trinajstić information content (AvgIpc) is 3.52. The van der Waals surface area contributed by atoms with Crippen LogP contribution in [0.4, 0.5) is 0 Å². The molecule has 0 aliphatic rings. The van der Waals surface area contributed by atoms with Crippen molar-refractivity contribution in [1.82, 2.24) is 9.55 Å². The molecule has 0 radical (unpaired) electrons. The van der Waals surface area contributed by atoms with Gasteiger partial charge in [-0.15, -0.1) is 11.3 Å². The Kier molecular flexibility index (Phi) is 3.96. The summed E-state index contributed by atoms with van der Waals surface area (Å²) in [6.45, 7) is 0. The van der Waals surface area contributed by atoms with Crippen LogP contribution in [0.3, 0.4) is 0 Å². The van der Waals surface area contributed by atoms with Gasteiger partial charge >= 0.3 is 0 Å². The Balaban J connectivity index is 1.60. The first-order valence-corrected chi connectivity index (χ1v) is 13.7. The minimum absolute atomic E-state index is 1.07. The van der Waals surface area contributed by atoms with Crippen molar-refractivity contribution in [2.45, 2.75) is 0 Å². The Morgan fingerprint density at radius 1 is 0.474 bits per heavy atom. The van der Waals surface area contributed by atoms with E-state index in [1.807, 2.05) is 17.5 Å². The van der Waals surface area contributed by atoms with Gasteiger partial charge in [0.1, 0.15) is 0 Å². The molecule has 0 amide bonds. The van der Waals surface area contributed by atoms with E-state index in [0.717, 1.165) is 5.52 Å². The van der Waals surface area contributed by atoms with Crippen molar-refractivity contribution >= 4 is 85.8 Å². The molecule has 3 aromatic heterocycles. The molecule has 3 heterocycles. The molecule has 0 saturated carbocycles.